The van der Waals surface area contributed by atoms with Crippen LogP contribution < -0.4 is 0 Å². The van der Waals surface area contributed by atoms with E-state index in [1.54, 1.807) is 0 Å². The van der Waals surface area contributed by atoms with Crippen LogP contribution in [0.1, 0.15) is 64.2 Å². The zero-order valence-corrected chi connectivity index (χ0v) is 9.75. The van der Waals surface area contributed by atoms with Crippen LogP contribution in [0, 0.1) is 17.8 Å². The smallest absolute Gasteiger partial charge is 0.0731 e. The van der Waals surface area contributed by atoms with E-state index in [0.717, 1.165) is 0 Å². The molecule has 0 bridgehead atoms. The maximum Gasteiger partial charge on any atom is 0.0731 e. The fourth-order valence-electron chi connectivity index (χ4n) is 4.32. The third-order valence-corrected chi connectivity index (χ3v) is 5.25. The van der Waals surface area contributed by atoms with Crippen molar-refractivity contribution in [2.75, 3.05) is 0 Å². The largest absolute Gasteiger partial charge is 0.389 e. The summed E-state index contributed by atoms with van der Waals surface area (Å²) in [5.41, 5.74) is -0.229. The topological polar surface area (TPSA) is 20.2 Å². The van der Waals surface area contributed by atoms with E-state index in [-0.39, 0.29) is 5.60 Å². The molecule has 0 aromatic heterocycles. The van der Waals surface area contributed by atoms with Crippen molar-refractivity contribution in [1.29, 1.82) is 0 Å². The van der Waals surface area contributed by atoms with Gasteiger partial charge in [-0.15, -0.1) is 0 Å². The molecule has 0 amide bonds. The summed E-state index contributed by atoms with van der Waals surface area (Å²) in [6, 6.07) is 0. The second-order valence-corrected chi connectivity index (χ2v) is 6.12. The molecule has 0 unspecified atom stereocenters. The van der Waals surface area contributed by atoms with Crippen molar-refractivity contribution in [2.45, 2.75) is 69.8 Å². The summed E-state index contributed by atoms with van der Waals surface area (Å²) in [4.78, 5) is 0. The van der Waals surface area contributed by atoms with Gasteiger partial charge in [0, 0.05) is 0 Å². The summed E-state index contributed by atoms with van der Waals surface area (Å²) in [5.74, 6) is 2.00. The van der Waals surface area contributed by atoms with Gasteiger partial charge in [-0.25, -0.2) is 0 Å². The third kappa shape index (κ3) is 1.63. The van der Waals surface area contributed by atoms with Crippen molar-refractivity contribution in [1.82, 2.24) is 0 Å². The van der Waals surface area contributed by atoms with Crippen molar-refractivity contribution < 1.29 is 5.11 Å². The van der Waals surface area contributed by atoms with Crippen LogP contribution in [0.3, 0.4) is 0 Å². The van der Waals surface area contributed by atoms with Gasteiger partial charge in [0.2, 0.25) is 0 Å². The van der Waals surface area contributed by atoms with Crippen LogP contribution in [0.25, 0.3) is 0 Å². The minimum absolute atomic E-state index is 0.229. The molecule has 3 saturated carbocycles. The van der Waals surface area contributed by atoms with Crippen molar-refractivity contribution in [3.05, 3.63) is 0 Å². The molecule has 86 valence electrons. The van der Waals surface area contributed by atoms with Crippen LogP contribution in [-0.2, 0) is 0 Å². The van der Waals surface area contributed by atoms with Crippen LogP contribution in [-0.4, -0.2) is 10.7 Å². The van der Waals surface area contributed by atoms with Crippen molar-refractivity contribution in [3.63, 3.8) is 0 Å². The first-order chi connectivity index (χ1) is 7.32. The molecule has 1 nitrogen and oxygen atoms in total. The van der Waals surface area contributed by atoms with Gasteiger partial charge in [0.15, 0.2) is 0 Å². The van der Waals surface area contributed by atoms with E-state index in [0.29, 0.717) is 17.8 Å². The van der Waals surface area contributed by atoms with Crippen molar-refractivity contribution in [2.24, 2.45) is 17.8 Å². The summed E-state index contributed by atoms with van der Waals surface area (Å²) in [5, 5.41) is 11.2. The van der Waals surface area contributed by atoms with E-state index in [9.17, 15) is 5.11 Å². The van der Waals surface area contributed by atoms with Crippen LogP contribution in [0.15, 0.2) is 0 Å². The molecule has 1 heteroatoms. The third-order valence-electron chi connectivity index (χ3n) is 5.25. The van der Waals surface area contributed by atoms with Gasteiger partial charge in [-0.2, -0.15) is 0 Å². The van der Waals surface area contributed by atoms with E-state index in [1.807, 2.05) is 0 Å². The summed E-state index contributed by atoms with van der Waals surface area (Å²) in [6.45, 7) is 0. The van der Waals surface area contributed by atoms with Crippen LogP contribution in [0.5, 0.6) is 0 Å². The average molecular weight is 208 g/mol. The monoisotopic (exact) mass is 208 g/mol. The predicted octanol–water partition coefficient (Wildman–Crippen LogP) is 3.51. The summed E-state index contributed by atoms with van der Waals surface area (Å²) in [7, 11) is 0. The minimum atomic E-state index is -0.229. The molecule has 3 rings (SSSR count). The molecule has 15 heavy (non-hydrogen) atoms. The molecule has 3 aliphatic rings. The number of aliphatic hydroxyl groups is 1. The SMILES string of the molecule is OC(C1CCCC1)(C1CCCC1)C1CC1. The molecule has 3 fully saturated rings. The van der Waals surface area contributed by atoms with E-state index in [4.69, 9.17) is 0 Å². The first-order valence-corrected chi connectivity index (χ1v) is 7.04. The normalized spacial score (nSPS) is 30.2. The number of rotatable bonds is 3. The number of hydrogen-bond donors (Lipinski definition) is 1. The summed E-state index contributed by atoms with van der Waals surface area (Å²) < 4.78 is 0. The Morgan fingerprint density at radius 3 is 1.27 bits per heavy atom. The van der Waals surface area contributed by atoms with E-state index < -0.39 is 0 Å². The fourth-order valence-corrected chi connectivity index (χ4v) is 4.32. The molecule has 0 aliphatic heterocycles. The Kier molecular flexibility index (Phi) is 2.54. The Morgan fingerprint density at radius 1 is 0.600 bits per heavy atom. The van der Waals surface area contributed by atoms with Crippen LogP contribution in [0.4, 0.5) is 0 Å². The van der Waals surface area contributed by atoms with Gasteiger partial charge in [0.1, 0.15) is 0 Å². The summed E-state index contributed by atoms with van der Waals surface area (Å²) in [6.07, 6.45) is 13.3. The molecule has 0 spiro atoms. The lowest BCUT2D eigenvalue weighted by Crippen LogP contribution is -2.45. The van der Waals surface area contributed by atoms with E-state index in [2.05, 4.69) is 0 Å². The highest BCUT2D eigenvalue weighted by molar-refractivity contribution is 5.04. The quantitative estimate of drug-likeness (QED) is 0.752. The standard InChI is InChI=1S/C14H24O/c15-14(13-9-10-13,11-5-1-2-6-11)12-7-3-4-8-12/h11-13,15H,1-10H2. The van der Waals surface area contributed by atoms with Gasteiger partial charge in [-0.1, -0.05) is 25.7 Å². The zero-order valence-electron chi connectivity index (χ0n) is 9.75. The maximum absolute atomic E-state index is 11.2. The average Bonchev–Trinajstić information content (AvgIpc) is 2.79. The van der Waals surface area contributed by atoms with E-state index >= 15 is 0 Å². The van der Waals surface area contributed by atoms with E-state index in [1.165, 1.54) is 64.2 Å². The lowest BCUT2D eigenvalue weighted by Gasteiger charge is -2.40. The highest BCUT2D eigenvalue weighted by Crippen LogP contribution is 2.55. The minimum Gasteiger partial charge on any atom is -0.389 e. The van der Waals surface area contributed by atoms with Crippen LogP contribution >= 0.6 is 0 Å². The molecular weight excluding hydrogens is 184 g/mol. The fraction of sp³-hybridized carbons (Fsp3) is 1.00. The second-order valence-electron chi connectivity index (χ2n) is 6.12. The lowest BCUT2D eigenvalue weighted by molar-refractivity contribution is -0.0852. The Hall–Kier alpha value is -0.0400. The Labute approximate surface area is 93.3 Å². The van der Waals surface area contributed by atoms with Gasteiger partial charge in [-0.05, 0) is 56.3 Å². The lowest BCUT2D eigenvalue weighted by atomic mass is 9.72. The van der Waals surface area contributed by atoms with Gasteiger partial charge >= 0.3 is 0 Å². The predicted molar refractivity (Wildman–Crippen MR) is 61.6 cm³/mol. The van der Waals surface area contributed by atoms with Gasteiger partial charge < -0.3 is 5.11 Å². The van der Waals surface area contributed by atoms with Crippen molar-refractivity contribution in [3.8, 4) is 0 Å². The molecule has 0 aromatic carbocycles. The summed E-state index contributed by atoms with van der Waals surface area (Å²) >= 11 is 0. The molecular formula is C14H24O. The Morgan fingerprint density at radius 2 is 0.933 bits per heavy atom. The maximum atomic E-state index is 11.2. The Balaban J connectivity index is 1.79. The molecule has 0 atom stereocenters. The van der Waals surface area contributed by atoms with Crippen LogP contribution in [0.2, 0.25) is 0 Å². The molecule has 0 aromatic rings. The van der Waals surface area contributed by atoms with Gasteiger partial charge in [0.05, 0.1) is 5.60 Å². The first-order valence-electron chi connectivity index (χ1n) is 7.04. The van der Waals surface area contributed by atoms with Crippen molar-refractivity contribution >= 4 is 0 Å². The molecule has 3 aliphatic carbocycles. The first kappa shape index (κ1) is 10.1. The molecule has 1 N–H and O–H groups in total. The van der Waals surface area contributed by atoms with Gasteiger partial charge in [-0.3, -0.25) is 0 Å². The second kappa shape index (κ2) is 3.76. The molecule has 0 radical (unpaired) electrons. The molecule has 0 heterocycles. The van der Waals surface area contributed by atoms with Gasteiger partial charge in [0.25, 0.3) is 0 Å². The highest BCUT2D eigenvalue weighted by atomic mass is 16.3. The Bertz CT molecular complexity index is 203. The zero-order chi connectivity index (χ0) is 10.3. The highest BCUT2D eigenvalue weighted by Gasteiger charge is 2.54. The number of hydrogen-bond acceptors (Lipinski definition) is 1. The molecule has 0 saturated heterocycles.